The first-order chi connectivity index (χ1) is 22.6. The predicted octanol–water partition coefficient (Wildman–Crippen LogP) is 6.45. The fourth-order valence-corrected chi connectivity index (χ4v) is 6.63. The molecule has 3 amide bonds. The average molecular weight is 656 g/mol. The molecular formula is C36H34ClN3O7. The van der Waals surface area contributed by atoms with E-state index in [1.807, 2.05) is 31.2 Å². The summed E-state index contributed by atoms with van der Waals surface area (Å²) in [6, 6.07) is 17.1. The van der Waals surface area contributed by atoms with Gasteiger partial charge < -0.3 is 19.9 Å². The number of carbonyl (C=O) groups excluding carboxylic acids is 4. The number of aromatic nitrogens is 1. The summed E-state index contributed by atoms with van der Waals surface area (Å²) in [6.07, 6.45) is 3.83. The zero-order chi connectivity index (χ0) is 33.4. The second kappa shape index (κ2) is 13.2. The maximum absolute atomic E-state index is 13.7. The van der Waals surface area contributed by atoms with Gasteiger partial charge in [0.15, 0.2) is 5.76 Å². The zero-order valence-electron chi connectivity index (χ0n) is 26.2. The molecule has 0 unspecified atom stereocenters. The van der Waals surface area contributed by atoms with Crippen LogP contribution < -0.4 is 10.2 Å². The molecule has 6 rings (SSSR count). The van der Waals surface area contributed by atoms with Crippen LogP contribution in [-0.2, 0) is 14.3 Å². The van der Waals surface area contributed by atoms with Crippen molar-refractivity contribution in [1.29, 1.82) is 0 Å². The number of hydrogen-bond donors (Lipinski definition) is 2. The molecule has 2 aliphatic rings. The van der Waals surface area contributed by atoms with Gasteiger partial charge in [-0.3, -0.25) is 23.7 Å². The molecular weight excluding hydrogens is 622 g/mol. The number of ether oxygens (including phenoxy) is 2. The van der Waals surface area contributed by atoms with E-state index >= 15 is 0 Å². The van der Waals surface area contributed by atoms with Gasteiger partial charge in [-0.15, -0.1) is 0 Å². The number of nitrogens with zero attached hydrogens (tertiary/aromatic N) is 2. The SMILES string of the molecule is CCO[C@@H]1OC(C(=O)Nc2ccc(N3C(=O)c4ccc(Cl)cc4C3=O)c(C)c2)=C[C@H](c2cn(C(C)=O)c3ccccc23)[C@@H]1CCCO. The van der Waals surface area contributed by atoms with Crippen molar-refractivity contribution in [2.45, 2.75) is 45.8 Å². The van der Waals surface area contributed by atoms with E-state index in [1.54, 1.807) is 48.0 Å². The number of benzene rings is 3. The van der Waals surface area contributed by atoms with Crippen molar-refractivity contribution in [2.24, 2.45) is 5.92 Å². The highest BCUT2D eigenvalue weighted by Gasteiger charge is 2.40. The minimum Gasteiger partial charge on any atom is -0.459 e. The Morgan fingerprint density at radius 2 is 1.81 bits per heavy atom. The minimum absolute atomic E-state index is 0.0157. The van der Waals surface area contributed by atoms with Crippen molar-refractivity contribution in [2.75, 3.05) is 23.4 Å². The van der Waals surface area contributed by atoms with Crippen molar-refractivity contribution >= 4 is 57.5 Å². The van der Waals surface area contributed by atoms with Gasteiger partial charge in [0.2, 0.25) is 12.2 Å². The summed E-state index contributed by atoms with van der Waals surface area (Å²) in [7, 11) is 0. The molecule has 3 aromatic carbocycles. The van der Waals surface area contributed by atoms with Crippen molar-refractivity contribution in [3.63, 3.8) is 0 Å². The lowest BCUT2D eigenvalue weighted by Crippen LogP contribution is -2.37. The number of amides is 3. The smallest absolute Gasteiger partial charge is 0.290 e. The summed E-state index contributed by atoms with van der Waals surface area (Å²) in [4.78, 5) is 53.6. The number of halogens is 1. The molecule has 2 aliphatic heterocycles. The number of nitrogens with one attached hydrogen (secondary N) is 1. The Hall–Kier alpha value is -4.77. The molecule has 10 nitrogen and oxygen atoms in total. The highest BCUT2D eigenvalue weighted by molar-refractivity contribution is 6.37. The number of rotatable bonds is 9. The summed E-state index contributed by atoms with van der Waals surface area (Å²) >= 11 is 6.06. The zero-order valence-corrected chi connectivity index (χ0v) is 26.9. The van der Waals surface area contributed by atoms with E-state index in [0.717, 1.165) is 21.4 Å². The molecule has 3 atom stereocenters. The summed E-state index contributed by atoms with van der Waals surface area (Å²) in [5.74, 6) is -2.14. The molecule has 0 radical (unpaired) electrons. The number of fused-ring (bicyclic) bond motifs is 2. The molecule has 47 heavy (non-hydrogen) atoms. The molecule has 2 N–H and O–H groups in total. The Morgan fingerprint density at radius 1 is 1.04 bits per heavy atom. The third-order valence-electron chi connectivity index (χ3n) is 8.62. The van der Waals surface area contributed by atoms with Crippen LogP contribution in [0.5, 0.6) is 0 Å². The van der Waals surface area contributed by atoms with Crippen LogP contribution in [0.2, 0.25) is 5.02 Å². The maximum atomic E-state index is 13.7. The fourth-order valence-electron chi connectivity index (χ4n) is 6.46. The van der Waals surface area contributed by atoms with Crippen LogP contribution in [0.4, 0.5) is 11.4 Å². The number of anilines is 2. The first-order valence-corrected chi connectivity index (χ1v) is 15.8. The van der Waals surface area contributed by atoms with Crippen LogP contribution in [0.1, 0.15) is 69.2 Å². The molecule has 0 spiro atoms. The number of carbonyl (C=O) groups is 4. The Bertz CT molecular complexity index is 1950. The lowest BCUT2D eigenvalue weighted by molar-refractivity contribution is -0.164. The molecule has 11 heteroatoms. The summed E-state index contributed by atoms with van der Waals surface area (Å²) in [5, 5.41) is 13.8. The molecule has 0 fully saturated rings. The number of allylic oxidation sites excluding steroid dienone is 1. The standard InChI is InChI=1S/C36H34ClN3O7/c1-4-46-36-26(9-7-15-41)27(29-19-39(21(3)42)31-10-6-5-8-24(29)31)18-32(47-36)33(43)38-23-12-14-30(20(2)16-23)40-34(44)25-13-11-22(37)17-28(25)35(40)45/h5-6,8,10-14,16-19,26-27,36,41H,4,7,9,15H2,1-3H3,(H,38,43)/t26-,27-,36+/m0/s1. The van der Waals surface area contributed by atoms with Crippen LogP contribution in [0.3, 0.4) is 0 Å². The van der Waals surface area contributed by atoms with Crippen LogP contribution >= 0.6 is 11.6 Å². The molecule has 1 aromatic heterocycles. The summed E-state index contributed by atoms with van der Waals surface area (Å²) < 4.78 is 13.8. The first-order valence-electron chi connectivity index (χ1n) is 15.4. The maximum Gasteiger partial charge on any atom is 0.290 e. The third kappa shape index (κ3) is 5.95. The van der Waals surface area contributed by atoms with Gasteiger partial charge in [-0.2, -0.15) is 0 Å². The molecule has 4 aromatic rings. The van der Waals surface area contributed by atoms with Crippen molar-refractivity contribution in [3.8, 4) is 0 Å². The third-order valence-corrected chi connectivity index (χ3v) is 8.86. The normalized spacial score (nSPS) is 19.0. The van der Waals surface area contributed by atoms with Gasteiger partial charge in [-0.1, -0.05) is 29.8 Å². The van der Waals surface area contributed by atoms with E-state index < -0.39 is 24.0 Å². The topological polar surface area (TPSA) is 127 Å². The largest absolute Gasteiger partial charge is 0.459 e. The fraction of sp³-hybridized carbons (Fsp3) is 0.278. The predicted molar refractivity (Wildman–Crippen MR) is 178 cm³/mol. The van der Waals surface area contributed by atoms with Gasteiger partial charge >= 0.3 is 0 Å². The van der Waals surface area contributed by atoms with E-state index in [0.29, 0.717) is 41.4 Å². The molecule has 0 aliphatic carbocycles. The van der Waals surface area contributed by atoms with E-state index in [1.165, 1.54) is 19.1 Å². The first kappa shape index (κ1) is 32.2. The highest BCUT2D eigenvalue weighted by Crippen LogP contribution is 2.43. The monoisotopic (exact) mass is 655 g/mol. The van der Waals surface area contributed by atoms with Gasteiger partial charge in [0.25, 0.3) is 17.7 Å². The lowest BCUT2D eigenvalue weighted by Gasteiger charge is -2.36. The summed E-state index contributed by atoms with van der Waals surface area (Å²) in [5.41, 5.74) is 3.53. The minimum atomic E-state index is -0.784. The van der Waals surface area contributed by atoms with E-state index in [2.05, 4.69) is 5.32 Å². The number of hydrogen-bond acceptors (Lipinski definition) is 7. The van der Waals surface area contributed by atoms with E-state index in [4.69, 9.17) is 21.1 Å². The van der Waals surface area contributed by atoms with Crippen molar-refractivity contribution in [1.82, 2.24) is 4.57 Å². The number of aliphatic hydroxyl groups is 1. The number of aliphatic hydroxyl groups excluding tert-OH is 1. The number of imide groups is 1. The Labute approximate surface area is 276 Å². The molecule has 3 heterocycles. The average Bonchev–Trinajstić information content (AvgIpc) is 3.55. The van der Waals surface area contributed by atoms with Gasteiger partial charge in [-0.05, 0) is 86.4 Å². The number of para-hydroxylation sites is 1. The Morgan fingerprint density at radius 3 is 2.53 bits per heavy atom. The Kier molecular flexibility index (Phi) is 9.01. The van der Waals surface area contributed by atoms with E-state index in [-0.39, 0.29) is 41.2 Å². The van der Waals surface area contributed by atoms with Gasteiger partial charge in [0.1, 0.15) is 0 Å². The van der Waals surface area contributed by atoms with Crippen LogP contribution in [-0.4, -0.2) is 52.8 Å². The molecule has 0 saturated heterocycles. The highest BCUT2D eigenvalue weighted by atomic mass is 35.5. The van der Waals surface area contributed by atoms with Gasteiger partial charge in [0.05, 0.1) is 22.3 Å². The molecule has 242 valence electrons. The van der Waals surface area contributed by atoms with Crippen molar-refractivity contribution in [3.05, 3.63) is 106 Å². The Balaban J connectivity index is 1.32. The quantitative estimate of drug-likeness (QED) is 0.198. The second-order valence-electron chi connectivity index (χ2n) is 11.6. The van der Waals surface area contributed by atoms with E-state index in [9.17, 15) is 24.3 Å². The number of aryl methyl sites for hydroxylation is 1. The van der Waals surface area contributed by atoms with Gasteiger partial charge in [0, 0.05) is 54.3 Å². The van der Waals surface area contributed by atoms with Gasteiger partial charge in [-0.25, -0.2) is 4.90 Å². The van der Waals surface area contributed by atoms with Crippen LogP contribution in [0.15, 0.2) is 78.7 Å². The summed E-state index contributed by atoms with van der Waals surface area (Å²) in [6.45, 7) is 5.41. The van der Waals surface area contributed by atoms with Crippen molar-refractivity contribution < 1.29 is 33.8 Å². The second-order valence-corrected chi connectivity index (χ2v) is 12.0. The lowest BCUT2D eigenvalue weighted by atomic mass is 9.80. The molecule has 0 saturated carbocycles. The molecule has 0 bridgehead atoms. The van der Waals surface area contributed by atoms with Crippen LogP contribution in [0.25, 0.3) is 10.9 Å². The van der Waals surface area contributed by atoms with Crippen LogP contribution in [0, 0.1) is 12.8 Å².